The fourth-order valence-electron chi connectivity index (χ4n) is 5.51. The summed E-state index contributed by atoms with van der Waals surface area (Å²) in [5, 5.41) is 24.5. The van der Waals surface area contributed by atoms with Crippen molar-refractivity contribution in [1.82, 2.24) is 10.2 Å². The first kappa shape index (κ1) is 30.7. The first-order valence-electron chi connectivity index (χ1n) is 14.5. The second-order valence-electron chi connectivity index (χ2n) is 10.5. The number of carbonyl (C=O) groups excluding carboxylic acids is 3. The Hall–Kier alpha value is -4.21. The zero-order chi connectivity index (χ0) is 29.7. The lowest BCUT2D eigenvalue weighted by molar-refractivity contribution is -0.128. The standard InChI is InChI=1S/C33H40N4O5/c38-21-19-36(20-22-39)33(42)37(28-11-5-2-6-12-28)24-25-15-17-26(18-16-25)29-13-7-8-14-30(29)32(41)34-23-31(40)35-27-9-3-1-4-10-27/h1-6,9-12,15-18,29-30,38-39H,7-8,13-14,19-24H2,(H,34,41)(H,35,40)/t29-,30+/m0/s1. The Bertz CT molecular complexity index is 1280. The number of carbonyl (C=O) groups is 3. The Labute approximate surface area is 247 Å². The van der Waals surface area contributed by atoms with E-state index >= 15 is 0 Å². The van der Waals surface area contributed by atoms with E-state index in [1.165, 1.54) is 4.90 Å². The molecular weight excluding hydrogens is 532 g/mol. The van der Waals surface area contributed by atoms with Gasteiger partial charge >= 0.3 is 6.03 Å². The van der Waals surface area contributed by atoms with E-state index in [0.29, 0.717) is 17.9 Å². The van der Waals surface area contributed by atoms with E-state index < -0.39 is 0 Å². The molecule has 1 aliphatic rings. The van der Waals surface area contributed by atoms with E-state index in [9.17, 15) is 24.6 Å². The van der Waals surface area contributed by atoms with Crippen molar-refractivity contribution in [1.29, 1.82) is 0 Å². The number of hydrogen-bond acceptors (Lipinski definition) is 5. The number of benzene rings is 3. The number of nitrogens with zero attached hydrogens (tertiary/aromatic N) is 2. The smallest absolute Gasteiger partial charge is 0.324 e. The number of urea groups is 1. The largest absolute Gasteiger partial charge is 0.395 e. The predicted molar refractivity (Wildman–Crippen MR) is 163 cm³/mol. The van der Waals surface area contributed by atoms with Gasteiger partial charge in [-0.1, -0.05) is 73.5 Å². The van der Waals surface area contributed by atoms with E-state index in [1.807, 2.05) is 72.8 Å². The summed E-state index contributed by atoms with van der Waals surface area (Å²) in [4.78, 5) is 42.0. The van der Waals surface area contributed by atoms with E-state index in [4.69, 9.17) is 0 Å². The number of anilines is 2. The lowest BCUT2D eigenvalue weighted by atomic mass is 9.75. The van der Waals surface area contributed by atoms with Gasteiger partial charge in [-0.3, -0.25) is 14.5 Å². The molecule has 222 valence electrons. The molecule has 0 radical (unpaired) electrons. The highest BCUT2D eigenvalue weighted by Gasteiger charge is 2.32. The van der Waals surface area contributed by atoms with Crippen LogP contribution < -0.4 is 15.5 Å². The number of rotatable bonds is 12. The molecule has 42 heavy (non-hydrogen) atoms. The highest BCUT2D eigenvalue weighted by molar-refractivity contribution is 5.95. The molecule has 0 unspecified atom stereocenters. The minimum absolute atomic E-state index is 0.0430. The van der Waals surface area contributed by atoms with Crippen molar-refractivity contribution in [3.05, 3.63) is 96.1 Å². The first-order chi connectivity index (χ1) is 20.5. The predicted octanol–water partition coefficient (Wildman–Crippen LogP) is 4.13. The van der Waals surface area contributed by atoms with Crippen molar-refractivity contribution in [2.45, 2.75) is 38.1 Å². The number of hydrogen-bond donors (Lipinski definition) is 4. The molecule has 3 aromatic carbocycles. The Morgan fingerprint density at radius 2 is 1.40 bits per heavy atom. The fourth-order valence-corrected chi connectivity index (χ4v) is 5.51. The SMILES string of the molecule is O=C(CNC(=O)[C@@H]1CCCC[C@H]1c1ccc(CN(C(=O)N(CCO)CCO)c2ccccc2)cc1)Nc1ccccc1. The molecule has 9 nitrogen and oxygen atoms in total. The minimum Gasteiger partial charge on any atom is -0.395 e. The van der Waals surface area contributed by atoms with E-state index in [0.717, 1.165) is 36.8 Å². The lowest BCUT2D eigenvalue weighted by Crippen LogP contribution is -2.45. The van der Waals surface area contributed by atoms with Crippen LogP contribution in [0, 0.1) is 5.92 Å². The second kappa shape index (κ2) is 15.7. The van der Waals surface area contributed by atoms with Gasteiger partial charge in [-0.05, 0) is 54.2 Å². The molecule has 0 spiro atoms. The topological polar surface area (TPSA) is 122 Å². The summed E-state index contributed by atoms with van der Waals surface area (Å²) in [5.74, 6) is -0.551. The summed E-state index contributed by atoms with van der Waals surface area (Å²) < 4.78 is 0. The van der Waals surface area contributed by atoms with Crippen molar-refractivity contribution < 1.29 is 24.6 Å². The van der Waals surface area contributed by atoms with E-state index in [1.54, 1.807) is 17.0 Å². The summed E-state index contributed by atoms with van der Waals surface area (Å²) in [6, 6.07) is 26.2. The molecule has 0 aliphatic heterocycles. The Balaban J connectivity index is 1.43. The summed E-state index contributed by atoms with van der Waals surface area (Å²) >= 11 is 0. The fraction of sp³-hybridized carbons (Fsp3) is 0.364. The summed E-state index contributed by atoms with van der Waals surface area (Å²) in [7, 11) is 0. The maximum absolute atomic E-state index is 13.4. The van der Waals surface area contributed by atoms with Crippen LogP contribution >= 0.6 is 0 Å². The van der Waals surface area contributed by atoms with Gasteiger partial charge in [-0.2, -0.15) is 0 Å². The summed E-state index contributed by atoms with van der Waals surface area (Å²) in [5.41, 5.74) is 3.38. The molecule has 1 saturated carbocycles. The van der Waals surface area contributed by atoms with Crippen LogP contribution in [-0.2, 0) is 16.1 Å². The lowest BCUT2D eigenvalue weighted by Gasteiger charge is -2.32. The van der Waals surface area contributed by atoms with Crippen LogP contribution in [0.1, 0.15) is 42.7 Å². The molecule has 4 rings (SSSR count). The number of aliphatic hydroxyl groups is 2. The third-order valence-electron chi connectivity index (χ3n) is 7.64. The van der Waals surface area contributed by atoms with Gasteiger partial charge in [-0.25, -0.2) is 4.79 Å². The van der Waals surface area contributed by atoms with Gasteiger partial charge in [0.05, 0.1) is 26.3 Å². The van der Waals surface area contributed by atoms with Gasteiger partial charge in [0.25, 0.3) is 0 Å². The van der Waals surface area contributed by atoms with Gasteiger partial charge in [0, 0.05) is 30.4 Å². The van der Waals surface area contributed by atoms with Gasteiger partial charge in [0.15, 0.2) is 0 Å². The average molecular weight is 573 g/mol. The summed E-state index contributed by atoms with van der Waals surface area (Å²) in [6.07, 6.45) is 3.65. The molecule has 0 heterocycles. The molecular formula is C33H40N4O5. The summed E-state index contributed by atoms with van der Waals surface area (Å²) in [6.45, 7) is 0.0830. The molecule has 9 heteroatoms. The van der Waals surface area contributed by atoms with Gasteiger partial charge in [0.1, 0.15) is 0 Å². The average Bonchev–Trinajstić information content (AvgIpc) is 3.03. The van der Waals surface area contributed by atoms with Crippen LogP contribution in [0.5, 0.6) is 0 Å². The van der Waals surface area contributed by atoms with Gasteiger partial charge < -0.3 is 25.7 Å². The molecule has 1 aliphatic carbocycles. The minimum atomic E-state index is -0.298. The zero-order valence-electron chi connectivity index (χ0n) is 23.8. The maximum atomic E-state index is 13.4. The molecule has 4 amide bonds. The van der Waals surface area contributed by atoms with Gasteiger partial charge in [-0.15, -0.1) is 0 Å². The van der Waals surface area contributed by atoms with E-state index in [-0.39, 0.29) is 62.5 Å². The maximum Gasteiger partial charge on any atom is 0.324 e. The van der Waals surface area contributed by atoms with Crippen molar-refractivity contribution in [2.24, 2.45) is 5.92 Å². The molecule has 2 atom stereocenters. The quantitative estimate of drug-likeness (QED) is 0.260. The Morgan fingerprint density at radius 3 is 2.05 bits per heavy atom. The number of nitrogens with one attached hydrogen (secondary N) is 2. The Kier molecular flexibility index (Phi) is 11.5. The third-order valence-corrected chi connectivity index (χ3v) is 7.64. The Morgan fingerprint density at radius 1 is 0.786 bits per heavy atom. The van der Waals surface area contributed by atoms with Crippen LogP contribution in [0.4, 0.5) is 16.2 Å². The molecule has 0 saturated heterocycles. The highest BCUT2D eigenvalue weighted by Crippen LogP contribution is 2.38. The molecule has 3 aromatic rings. The molecule has 4 N–H and O–H groups in total. The van der Waals surface area contributed by atoms with Crippen molar-refractivity contribution in [2.75, 3.05) is 43.1 Å². The monoisotopic (exact) mass is 572 g/mol. The molecule has 0 aromatic heterocycles. The van der Waals surface area contributed by atoms with Gasteiger partial charge in [0.2, 0.25) is 11.8 Å². The molecule has 1 fully saturated rings. The van der Waals surface area contributed by atoms with Crippen LogP contribution in [0.15, 0.2) is 84.9 Å². The van der Waals surface area contributed by atoms with Crippen LogP contribution in [0.25, 0.3) is 0 Å². The zero-order valence-corrected chi connectivity index (χ0v) is 23.8. The van der Waals surface area contributed by atoms with E-state index in [2.05, 4.69) is 10.6 Å². The van der Waals surface area contributed by atoms with Crippen LogP contribution in [-0.4, -0.2) is 65.8 Å². The van der Waals surface area contributed by atoms with Crippen molar-refractivity contribution >= 4 is 29.2 Å². The first-order valence-corrected chi connectivity index (χ1v) is 14.5. The van der Waals surface area contributed by atoms with Crippen LogP contribution in [0.2, 0.25) is 0 Å². The highest BCUT2D eigenvalue weighted by atomic mass is 16.3. The number of para-hydroxylation sites is 2. The third kappa shape index (κ3) is 8.41. The normalized spacial score (nSPS) is 16.3. The van der Waals surface area contributed by atoms with Crippen molar-refractivity contribution in [3.63, 3.8) is 0 Å². The number of amides is 4. The van der Waals surface area contributed by atoms with Crippen molar-refractivity contribution in [3.8, 4) is 0 Å². The number of aliphatic hydroxyl groups excluding tert-OH is 2. The second-order valence-corrected chi connectivity index (χ2v) is 10.5. The van der Waals surface area contributed by atoms with Crippen LogP contribution in [0.3, 0.4) is 0 Å². The molecule has 0 bridgehead atoms.